The normalized spacial score (nSPS) is 26.4. The Labute approximate surface area is 111 Å². The molecule has 3 N–H and O–H groups in total. The van der Waals surface area contributed by atoms with Crippen LogP contribution in [0.15, 0.2) is 0 Å². The molecule has 0 radical (unpaired) electrons. The molecule has 1 heterocycles. The molecule has 0 aromatic rings. The Kier molecular flexibility index (Phi) is 6.09. The summed E-state index contributed by atoms with van der Waals surface area (Å²) in [6.45, 7) is 7.38. The van der Waals surface area contributed by atoms with Crippen LogP contribution in [-0.2, 0) is 4.79 Å². The van der Waals surface area contributed by atoms with Gasteiger partial charge in [-0.3, -0.25) is 4.79 Å². The molecule has 3 atom stereocenters. The van der Waals surface area contributed by atoms with Crippen molar-refractivity contribution in [1.82, 2.24) is 4.90 Å². The largest absolute Gasteiger partial charge is 0.393 e. The number of piperidine rings is 1. The first kappa shape index (κ1) is 15.4. The maximum atomic E-state index is 12.4. The molecular weight excluding hydrogens is 228 g/mol. The van der Waals surface area contributed by atoms with Crippen molar-refractivity contribution >= 4 is 5.91 Å². The molecule has 1 rings (SSSR count). The van der Waals surface area contributed by atoms with Gasteiger partial charge in [-0.2, -0.15) is 0 Å². The van der Waals surface area contributed by atoms with E-state index in [-0.39, 0.29) is 29.9 Å². The first-order chi connectivity index (χ1) is 8.53. The fraction of sp³-hybridized carbons (Fsp3) is 0.929. The molecule has 3 unspecified atom stereocenters. The van der Waals surface area contributed by atoms with Gasteiger partial charge in [-0.25, -0.2) is 0 Å². The first-order valence-electron chi connectivity index (χ1n) is 7.25. The fourth-order valence-electron chi connectivity index (χ4n) is 2.87. The van der Waals surface area contributed by atoms with E-state index in [4.69, 9.17) is 5.73 Å². The van der Waals surface area contributed by atoms with Gasteiger partial charge < -0.3 is 15.7 Å². The highest BCUT2D eigenvalue weighted by atomic mass is 16.3. The molecule has 0 aromatic carbocycles. The van der Waals surface area contributed by atoms with Crippen LogP contribution in [0.25, 0.3) is 0 Å². The Bertz CT molecular complexity index is 267. The summed E-state index contributed by atoms with van der Waals surface area (Å²) in [6, 6.07) is 0.00302. The zero-order chi connectivity index (χ0) is 13.7. The standard InChI is InChI=1S/C14H28N2O2/c1-4-10(5-2)14(18)16-8-11(13(17)6-3)7-12(15)9-16/h10-13,17H,4-9,15H2,1-3H3. The van der Waals surface area contributed by atoms with Gasteiger partial charge in [0.15, 0.2) is 0 Å². The molecular formula is C14H28N2O2. The molecule has 1 amide bonds. The predicted octanol–water partition coefficient (Wildman–Crippen LogP) is 1.37. The summed E-state index contributed by atoms with van der Waals surface area (Å²) >= 11 is 0. The molecule has 106 valence electrons. The van der Waals surface area contributed by atoms with E-state index >= 15 is 0 Å². The van der Waals surface area contributed by atoms with E-state index in [0.717, 1.165) is 25.7 Å². The van der Waals surface area contributed by atoms with Crippen LogP contribution in [0.4, 0.5) is 0 Å². The zero-order valence-corrected chi connectivity index (χ0v) is 11.9. The third-order valence-electron chi connectivity index (χ3n) is 4.12. The van der Waals surface area contributed by atoms with Gasteiger partial charge >= 0.3 is 0 Å². The SMILES string of the molecule is CCC(CC)C(=O)N1CC(N)CC(C(O)CC)C1. The Balaban J connectivity index is 2.68. The zero-order valence-electron chi connectivity index (χ0n) is 11.9. The average Bonchev–Trinajstić information content (AvgIpc) is 2.38. The van der Waals surface area contributed by atoms with E-state index in [2.05, 4.69) is 0 Å². The van der Waals surface area contributed by atoms with Crippen LogP contribution in [0.1, 0.15) is 46.5 Å². The molecule has 1 saturated heterocycles. The van der Waals surface area contributed by atoms with Crippen molar-refractivity contribution in [3.63, 3.8) is 0 Å². The molecule has 0 bridgehead atoms. The second kappa shape index (κ2) is 7.10. The Hall–Kier alpha value is -0.610. The number of carbonyl (C=O) groups is 1. The van der Waals surface area contributed by atoms with Gasteiger partial charge in [0.2, 0.25) is 5.91 Å². The summed E-state index contributed by atoms with van der Waals surface area (Å²) in [5.74, 6) is 0.454. The third kappa shape index (κ3) is 3.69. The molecule has 18 heavy (non-hydrogen) atoms. The molecule has 1 aliphatic heterocycles. The van der Waals surface area contributed by atoms with Crippen LogP contribution in [0.2, 0.25) is 0 Å². The smallest absolute Gasteiger partial charge is 0.225 e. The maximum Gasteiger partial charge on any atom is 0.225 e. The number of rotatable bonds is 5. The number of amides is 1. The van der Waals surface area contributed by atoms with Crippen LogP contribution >= 0.6 is 0 Å². The van der Waals surface area contributed by atoms with Crippen molar-refractivity contribution in [3.8, 4) is 0 Å². The lowest BCUT2D eigenvalue weighted by Gasteiger charge is -2.39. The van der Waals surface area contributed by atoms with E-state index in [1.807, 2.05) is 25.7 Å². The minimum absolute atomic E-state index is 0.00302. The molecule has 1 aliphatic rings. The van der Waals surface area contributed by atoms with Crippen molar-refractivity contribution < 1.29 is 9.90 Å². The van der Waals surface area contributed by atoms with Crippen molar-refractivity contribution in [2.45, 2.75) is 58.6 Å². The van der Waals surface area contributed by atoms with Crippen LogP contribution < -0.4 is 5.73 Å². The Morgan fingerprint density at radius 1 is 1.28 bits per heavy atom. The number of aliphatic hydroxyl groups is 1. The van der Waals surface area contributed by atoms with Crippen molar-refractivity contribution in [2.24, 2.45) is 17.6 Å². The fourth-order valence-corrected chi connectivity index (χ4v) is 2.87. The molecule has 4 heteroatoms. The third-order valence-corrected chi connectivity index (χ3v) is 4.12. The lowest BCUT2D eigenvalue weighted by molar-refractivity contribution is -0.139. The van der Waals surface area contributed by atoms with Gasteiger partial charge in [0.05, 0.1) is 6.10 Å². The molecule has 0 aromatic heterocycles. The number of aliphatic hydroxyl groups excluding tert-OH is 1. The lowest BCUT2D eigenvalue weighted by atomic mass is 9.87. The number of hydrogen-bond donors (Lipinski definition) is 2. The lowest BCUT2D eigenvalue weighted by Crippen LogP contribution is -2.53. The van der Waals surface area contributed by atoms with Crippen molar-refractivity contribution in [1.29, 1.82) is 0 Å². The highest BCUT2D eigenvalue weighted by Gasteiger charge is 2.33. The molecule has 0 aliphatic carbocycles. The minimum Gasteiger partial charge on any atom is -0.393 e. The van der Waals surface area contributed by atoms with E-state index in [1.54, 1.807) is 0 Å². The number of likely N-dealkylation sites (tertiary alicyclic amines) is 1. The number of nitrogens with zero attached hydrogens (tertiary/aromatic N) is 1. The number of carbonyl (C=O) groups excluding carboxylic acids is 1. The Morgan fingerprint density at radius 3 is 2.39 bits per heavy atom. The number of nitrogens with two attached hydrogens (primary N) is 1. The van der Waals surface area contributed by atoms with Gasteiger partial charge in [-0.15, -0.1) is 0 Å². The molecule has 0 saturated carbocycles. The Morgan fingerprint density at radius 2 is 1.89 bits per heavy atom. The van der Waals surface area contributed by atoms with Crippen LogP contribution in [0.3, 0.4) is 0 Å². The summed E-state index contributed by atoms with van der Waals surface area (Å²) in [6.07, 6.45) is 2.96. The summed E-state index contributed by atoms with van der Waals surface area (Å²) < 4.78 is 0. The second-order valence-electron chi connectivity index (χ2n) is 5.49. The average molecular weight is 256 g/mol. The van der Waals surface area contributed by atoms with Crippen molar-refractivity contribution in [3.05, 3.63) is 0 Å². The van der Waals surface area contributed by atoms with Gasteiger partial charge in [-0.05, 0) is 25.7 Å². The summed E-state index contributed by atoms with van der Waals surface area (Å²) in [5, 5.41) is 9.96. The van der Waals surface area contributed by atoms with Crippen molar-refractivity contribution in [2.75, 3.05) is 13.1 Å². The molecule has 4 nitrogen and oxygen atoms in total. The van der Waals surface area contributed by atoms with Crippen LogP contribution in [0.5, 0.6) is 0 Å². The number of hydrogen-bond acceptors (Lipinski definition) is 3. The minimum atomic E-state index is -0.339. The van der Waals surface area contributed by atoms with Crippen LogP contribution in [0, 0.1) is 11.8 Å². The quantitative estimate of drug-likeness (QED) is 0.780. The monoisotopic (exact) mass is 256 g/mol. The van der Waals surface area contributed by atoms with E-state index in [9.17, 15) is 9.90 Å². The van der Waals surface area contributed by atoms with Gasteiger partial charge in [0.25, 0.3) is 0 Å². The molecule has 0 spiro atoms. The topological polar surface area (TPSA) is 66.6 Å². The second-order valence-corrected chi connectivity index (χ2v) is 5.49. The molecule has 1 fully saturated rings. The van der Waals surface area contributed by atoms with E-state index < -0.39 is 0 Å². The summed E-state index contributed by atoms with van der Waals surface area (Å²) in [7, 11) is 0. The van der Waals surface area contributed by atoms with Crippen LogP contribution in [-0.4, -0.2) is 41.1 Å². The highest BCUT2D eigenvalue weighted by Crippen LogP contribution is 2.23. The summed E-state index contributed by atoms with van der Waals surface area (Å²) in [4.78, 5) is 14.2. The van der Waals surface area contributed by atoms with Gasteiger partial charge in [-0.1, -0.05) is 20.8 Å². The van der Waals surface area contributed by atoms with Gasteiger partial charge in [0.1, 0.15) is 0 Å². The van der Waals surface area contributed by atoms with Gasteiger partial charge in [0, 0.05) is 31.0 Å². The predicted molar refractivity (Wildman–Crippen MR) is 73.0 cm³/mol. The van der Waals surface area contributed by atoms with E-state index in [0.29, 0.717) is 13.1 Å². The maximum absolute atomic E-state index is 12.4. The first-order valence-corrected chi connectivity index (χ1v) is 7.25. The summed E-state index contributed by atoms with van der Waals surface area (Å²) in [5.41, 5.74) is 6.02. The highest BCUT2D eigenvalue weighted by molar-refractivity contribution is 5.79. The van der Waals surface area contributed by atoms with E-state index in [1.165, 1.54) is 0 Å².